The first-order valence-electron chi connectivity index (χ1n) is 7.39. The van der Waals surface area contributed by atoms with E-state index < -0.39 is 0 Å². The Morgan fingerprint density at radius 2 is 1.81 bits per heavy atom. The molecular weight excluding hydrogens is 280 g/mol. The summed E-state index contributed by atoms with van der Waals surface area (Å²) in [5, 5.41) is 0.754. The fourth-order valence-electron chi connectivity index (χ4n) is 2.52. The summed E-state index contributed by atoms with van der Waals surface area (Å²) in [4.78, 5) is 2.28. The highest BCUT2D eigenvalue weighted by Gasteiger charge is 2.13. The number of aryl methyl sites for hydroxylation is 1. The van der Waals surface area contributed by atoms with Gasteiger partial charge in [-0.15, -0.1) is 0 Å². The van der Waals surface area contributed by atoms with Gasteiger partial charge in [-0.2, -0.15) is 0 Å². The fraction of sp³-hybridized carbons (Fsp3) is 0.333. The Labute approximate surface area is 132 Å². The largest absolute Gasteiger partial charge is 0.342 e. The van der Waals surface area contributed by atoms with Gasteiger partial charge in [0.15, 0.2) is 0 Å². The molecule has 0 fully saturated rings. The van der Waals surface area contributed by atoms with Crippen LogP contribution in [0.5, 0.6) is 0 Å². The van der Waals surface area contributed by atoms with E-state index in [1.54, 1.807) is 0 Å². The van der Waals surface area contributed by atoms with Crippen molar-refractivity contribution in [2.75, 3.05) is 11.4 Å². The number of halogens is 1. The van der Waals surface area contributed by atoms with Crippen LogP contribution in [-0.2, 0) is 6.42 Å². The molecule has 0 saturated carbocycles. The van der Waals surface area contributed by atoms with Crippen molar-refractivity contribution in [3.05, 3.63) is 58.6 Å². The van der Waals surface area contributed by atoms with Crippen molar-refractivity contribution >= 4 is 23.0 Å². The molecule has 0 radical (unpaired) electrons. The Balaban J connectivity index is 2.45. The summed E-state index contributed by atoms with van der Waals surface area (Å²) < 4.78 is 0. The lowest BCUT2D eigenvalue weighted by Crippen LogP contribution is -2.22. The Morgan fingerprint density at radius 3 is 2.38 bits per heavy atom. The summed E-state index contributed by atoms with van der Waals surface area (Å²) in [5.41, 5.74) is 10.8. The van der Waals surface area contributed by atoms with Crippen LogP contribution in [0.15, 0.2) is 42.5 Å². The molecule has 0 aromatic heterocycles. The van der Waals surface area contributed by atoms with Crippen LogP contribution < -0.4 is 10.6 Å². The van der Waals surface area contributed by atoms with E-state index in [0.29, 0.717) is 0 Å². The number of nitrogens with zero attached hydrogens (tertiary/aromatic N) is 1. The lowest BCUT2D eigenvalue weighted by atomic mass is 10.0. The Kier molecular flexibility index (Phi) is 5.27. The van der Waals surface area contributed by atoms with Gasteiger partial charge in [0, 0.05) is 29.0 Å². The second-order valence-corrected chi connectivity index (χ2v) is 5.97. The van der Waals surface area contributed by atoms with Gasteiger partial charge < -0.3 is 10.6 Å². The van der Waals surface area contributed by atoms with E-state index in [9.17, 15) is 0 Å². The summed E-state index contributed by atoms with van der Waals surface area (Å²) in [5.74, 6) is 0. The van der Waals surface area contributed by atoms with Gasteiger partial charge in [0.2, 0.25) is 0 Å². The number of nitrogens with two attached hydrogens (primary N) is 1. The van der Waals surface area contributed by atoms with Crippen LogP contribution in [0.1, 0.15) is 25.0 Å². The molecule has 0 amide bonds. The topological polar surface area (TPSA) is 29.3 Å². The maximum absolute atomic E-state index is 6.21. The molecule has 1 unspecified atom stereocenters. The van der Waals surface area contributed by atoms with Gasteiger partial charge in [0.25, 0.3) is 0 Å². The van der Waals surface area contributed by atoms with Gasteiger partial charge >= 0.3 is 0 Å². The smallest absolute Gasteiger partial charge is 0.0458 e. The van der Waals surface area contributed by atoms with Crippen molar-refractivity contribution < 1.29 is 0 Å². The maximum Gasteiger partial charge on any atom is 0.0458 e. The molecule has 2 aromatic carbocycles. The molecule has 21 heavy (non-hydrogen) atoms. The van der Waals surface area contributed by atoms with Crippen LogP contribution >= 0.6 is 11.6 Å². The van der Waals surface area contributed by atoms with Crippen LogP contribution in [0.25, 0.3) is 0 Å². The van der Waals surface area contributed by atoms with Gasteiger partial charge in [0.1, 0.15) is 0 Å². The third-order valence-electron chi connectivity index (χ3n) is 3.54. The van der Waals surface area contributed by atoms with Crippen molar-refractivity contribution in [2.24, 2.45) is 5.73 Å². The SMILES string of the molecule is CCN(c1ccc(C)cc1)c1cc(Cl)ccc1CC(C)N. The number of benzene rings is 2. The number of anilines is 2. The second kappa shape index (κ2) is 6.97. The number of hydrogen-bond acceptors (Lipinski definition) is 2. The van der Waals surface area contributed by atoms with E-state index in [1.165, 1.54) is 16.8 Å². The normalized spacial score (nSPS) is 12.2. The predicted molar refractivity (Wildman–Crippen MR) is 92.7 cm³/mol. The van der Waals surface area contributed by atoms with Crippen LogP contribution in [0.3, 0.4) is 0 Å². The van der Waals surface area contributed by atoms with Gasteiger partial charge in [-0.3, -0.25) is 0 Å². The maximum atomic E-state index is 6.21. The van der Waals surface area contributed by atoms with Crippen LogP contribution in [0.2, 0.25) is 5.02 Å². The minimum absolute atomic E-state index is 0.127. The lowest BCUT2D eigenvalue weighted by molar-refractivity contribution is 0.736. The molecule has 2 aromatic rings. The van der Waals surface area contributed by atoms with Crippen molar-refractivity contribution in [2.45, 2.75) is 33.2 Å². The van der Waals surface area contributed by atoms with Crippen LogP contribution in [0.4, 0.5) is 11.4 Å². The minimum atomic E-state index is 0.127. The van der Waals surface area contributed by atoms with Crippen molar-refractivity contribution in [1.29, 1.82) is 0 Å². The summed E-state index contributed by atoms with van der Waals surface area (Å²) in [6.07, 6.45) is 0.842. The Bertz CT molecular complexity index is 591. The summed E-state index contributed by atoms with van der Waals surface area (Å²) in [6.45, 7) is 7.16. The zero-order valence-corrected chi connectivity index (χ0v) is 13.7. The van der Waals surface area contributed by atoms with Crippen LogP contribution in [0, 0.1) is 6.92 Å². The molecule has 0 aliphatic rings. The first-order chi connectivity index (χ1) is 10.0. The molecule has 2 nitrogen and oxygen atoms in total. The fourth-order valence-corrected chi connectivity index (χ4v) is 2.69. The average Bonchev–Trinajstić information content (AvgIpc) is 2.44. The lowest BCUT2D eigenvalue weighted by Gasteiger charge is -2.27. The quantitative estimate of drug-likeness (QED) is 0.867. The van der Waals surface area contributed by atoms with Gasteiger partial charge in [-0.25, -0.2) is 0 Å². The molecule has 1 atom stereocenters. The summed E-state index contributed by atoms with van der Waals surface area (Å²) >= 11 is 6.21. The van der Waals surface area contributed by atoms with E-state index in [4.69, 9.17) is 17.3 Å². The molecular formula is C18H23ClN2. The standard InChI is InChI=1S/C18H23ClN2/c1-4-21(17-9-5-13(2)6-10-17)18-12-16(19)8-7-15(18)11-14(3)20/h5-10,12,14H,4,11,20H2,1-3H3. The molecule has 3 heteroatoms. The molecule has 0 heterocycles. The molecule has 0 bridgehead atoms. The zero-order chi connectivity index (χ0) is 15.4. The van der Waals surface area contributed by atoms with E-state index in [0.717, 1.165) is 23.7 Å². The summed E-state index contributed by atoms with van der Waals surface area (Å²) in [6, 6.07) is 14.7. The monoisotopic (exact) mass is 302 g/mol. The molecule has 0 aliphatic heterocycles. The third-order valence-corrected chi connectivity index (χ3v) is 3.78. The van der Waals surface area contributed by atoms with E-state index in [-0.39, 0.29) is 6.04 Å². The van der Waals surface area contributed by atoms with E-state index in [1.807, 2.05) is 19.1 Å². The van der Waals surface area contributed by atoms with Gasteiger partial charge in [0.05, 0.1) is 0 Å². The van der Waals surface area contributed by atoms with Gasteiger partial charge in [-0.05, 0) is 57.0 Å². The van der Waals surface area contributed by atoms with Gasteiger partial charge in [-0.1, -0.05) is 35.4 Å². The summed E-state index contributed by atoms with van der Waals surface area (Å²) in [7, 11) is 0. The first kappa shape index (κ1) is 15.9. The highest BCUT2D eigenvalue weighted by atomic mass is 35.5. The highest BCUT2D eigenvalue weighted by Crippen LogP contribution is 2.31. The molecule has 0 spiro atoms. The molecule has 0 aliphatic carbocycles. The Hall–Kier alpha value is -1.51. The average molecular weight is 303 g/mol. The highest BCUT2D eigenvalue weighted by molar-refractivity contribution is 6.30. The number of rotatable bonds is 5. The Morgan fingerprint density at radius 1 is 1.14 bits per heavy atom. The number of hydrogen-bond donors (Lipinski definition) is 1. The molecule has 2 N–H and O–H groups in total. The van der Waals surface area contributed by atoms with Crippen molar-refractivity contribution in [1.82, 2.24) is 0 Å². The zero-order valence-electron chi connectivity index (χ0n) is 12.9. The molecule has 2 rings (SSSR count). The van der Waals surface area contributed by atoms with Crippen LogP contribution in [-0.4, -0.2) is 12.6 Å². The predicted octanol–water partition coefficient (Wildman–Crippen LogP) is 4.70. The van der Waals surface area contributed by atoms with Crippen molar-refractivity contribution in [3.63, 3.8) is 0 Å². The minimum Gasteiger partial charge on any atom is -0.342 e. The first-order valence-corrected chi connectivity index (χ1v) is 7.77. The molecule has 112 valence electrons. The second-order valence-electron chi connectivity index (χ2n) is 5.53. The molecule has 0 saturated heterocycles. The van der Waals surface area contributed by atoms with E-state index >= 15 is 0 Å². The van der Waals surface area contributed by atoms with E-state index in [2.05, 4.69) is 49.1 Å². The van der Waals surface area contributed by atoms with Crippen molar-refractivity contribution in [3.8, 4) is 0 Å². The third kappa shape index (κ3) is 3.99.